The van der Waals surface area contributed by atoms with Crippen LogP contribution in [0, 0.1) is 0 Å². The first-order valence-corrected chi connectivity index (χ1v) is 8.02. The average molecular weight is 349 g/mol. The summed E-state index contributed by atoms with van der Waals surface area (Å²) in [7, 11) is 0. The maximum Gasteiger partial charge on any atom is 0.287 e. The molecule has 0 aliphatic rings. The van der Waals surface area contributed by atoms with E-state index in [-0.39, 0.29) is 30.3 Å². The number of hydrogen-bond acceptors (Lipinski definition) is 5. The van der Waals surface area contributed by atoms with Gasteiger partial charge >= 0.3 is 0 Å². The van der Waals surface area contributed by atoms with Crippen LogP contribution in [0.3, 0.4) is 0 Å². The van der Waals surface area contributed by atoms with E-state index in [4.69, 9.17) is 4.42 Å². The van der Waals surface area contributed by atoms with Gasteiger partial charge in [-0.25, -0.2) is 0 Å². The van der Waals surface area contributed by atoms with Crippen LogP contribution in [0.25, 0.3) is 5.65 Å². The third-order valence-corrected chi connectivity index (χ3v) is 3.90. The molecule has 4 heterocycles. The molecule has 4 rings (SSSR count). The molecule has 1 amide bonds. The van der Waals surface area contributed by atoms with E-state index < -0.39 is 0 Å². The molecule has 0 aliphatic heterocycles. The first kappa shape index (κ1) is 15.8. The van der Waals surface area contributed by atoms with Crippen LogP contribution >= 0.6 is 0 Å². The standard InChI is InChI=1S/C18H15N5O3/c24-17-6-2-3-9-22(17)12-13-7-8-14(26-13)18(25)19-11-16-21-20-15-5-1-4-10-23(15)16/h1-10H,11-12H2,(H,19,25). The number of carbonyl (C=O) groups excluding carboxylic acids is 1. The lowest BCUT2D eigenvalue weighted by Gasteiger charge is -2.03. The number of rotatable bonds is 5. The highest BCUT2D eigenvalue weighted by Crippen LogP contribution is 2.09. The number of pyridine rings is 2. The lowest BCUT2D eigenvalue weighted by molar-refractivity contribution is 0.0920. The van der Waals surface area contributed by atoms with E-state index in [0.29, 0.717) is 17.2 Å². The van der Waals surface area contributed by atoms with Gasteiger partial charge in [0.15, 0.2) is 17.2 Å². The van der Waals surface area contributed by atoms with Gasteiger partial charge in [0.1, 0.15) is 5.76 Å². The quantitative estimate of drug-likeness (QED) is 0.589. The Kier molecular flexibility index (Phi) is 4.06. The van der Waals surface area contributed by atoms with Crippen LogP contribution in [0.1, 0.15) is 22.1 Å². The molecule has 8 heteroatoms. The Bertz CT molecular complexity index is 1120. The SMILES string of the molecule is O=C(NCc1nnc2ccccn12)c1ccc(Cn2ccccc2=O)o1. The molecular formula is C18H15N5O3. The number of hydrogen-bond donors (Lipinski definition) is 1. The van der Waals surface area contributed by atoms with Gasteiger partial charge in [0, 0.05) is 18.5 Å². The van der Waals surface area contributed by atoms with Crippen LogP contribution in [0.15, 0.2) is 70.1 Å². The van der Waals surface area contributed by atoms with Crippen LogP contribution in [0.4, 0.5) is 0 Å². The molecule has 0 aliphatic carbocycles. The van der Waals surface area contributed by atoms with E-state index in [1.807, 2.05) is 24.4 Å². The maximum atomic E-state index is 12.3. The number of nitrogens with zero attached hydrogens (tertiary/aromatic N) is 4. The van der Waals surface area contributed by atoms with Gasteiger partial charge in [-0.15, -0.1) is 10.2 Å². The number of furan rings is 1. The molecule has 0 fully saturated rings. The molecule has 26 heavy (non-hydrogen) atoms. The second kappa shape index (κ2) is 6.67. The zero-order valence-corrected chi connectivity index (χ0v) is 13.7. The minimum Gasteiger partial charge on any atom is -0.454 e. The van der Waals surface area contributed by atoms with E-state index in [0.717, 1.165) is 0 Å². The van der Waals surface area contributed by atoms with E-state index in [2.05, 4.69) is 15.5 Å². The second-order valence-electron chi connectivity index (χ2n) is 5.66. The van der Waals surface area contributed by atoms with Gasteiger partial charge in [-0.1, -0.05) is 12.1 Å². The Morgan fingerprint density at radius 1 is 1.04 bits per heavy atom. The third kappa shape index (κ3) is 3.12. The molecule has 0 saturated carbocycles. The summed E-state index contributed by atoms with van der Waals surface area (Å²) in [6.07, 6.45) is 3.50. The van der Waals surface area contributed by atoms with Crippen molar-refractivity contribution in [2.24, 2.45) is 0 Å². The summed E-state index contributed by atoms with van der Waals surface area (Å²) in [5.41, 5.74) is 0.582. The van der Waals surface area contributed by atoms with Gasteiger partial charge in [-0.2, -0.15) is 0 Å². The molecule has 1 N–H and O–H groups in total. The van der Waals surface area contributed by atoms with Gasteiger partial charge in [-0.3, -0.25) is 14.0 Å². The maximum absolute atomic E-state index is 12.3. The topological polar surface area (TPSA) is 94.4 Å². The van der Waals surface area contributed by atoms with E-state index in [1.54, 1.807) is 34.9 Å². The fourth-order valence-electron chi connectivity index (χ4n) is 2.60. The number of aromatic nitrogens is 4. The molecule has 0 aromatic carbocycles. The number of carbonyl (C=O) groups is 1. The Hall–Kier alpha value is -3.68. The Labute approximate surface area is 147 Å². The Morgan fingerprint density at radius 3 is 2.77 bits per heavy atom. The van der Waals surface area contributed by atoms with Gasteiger partial charge in [-0.05, 0) is 30.3 Å². The van der Waals surface area contributed by atoms with Crippen molar-refractivity contribution in [3.8, 4) is 0 Å². The summed E-state index contributed by atoms with van der Waals surface area (Å²) < 4.78 is 8.85. The lowest BCUT2D eigenvalue weighted by atomic mass is 10.4. The molecule has 4 aromatic heterocycles. The van der Waals surface area contributed by atoms with Crippen molar-refractivity contribution >= 4 is 11.6 Å². The Balaban J connectivity index is 1.43. The van der Waals surface area contributed by atoms with Gasteiger partial charge in [0.25, 0.3) is 11.5 Å². The number of amides is 1. The zero-order valence-electron chi connectivity index (χ0n) is 13.7. The predicted octanol–water partition coefficient (Wildman–Crippen LogP) is 1.46. The van der Waals surface area contributed by atoms with Crippen molar-refractivity contribution in [3.05, 3.63) is 88.6 Å². The van der Waals surface area contributed by atoms with Gasteiger partial charge in [0.05, 0.1) is 13.1 Å². The minimum absolute atomic E-state index is 0.131. The van der Waals surface area contributed by atoms with Crippen molar-refractivity contribution in [3.63, 3.8) is 0 Å². The molecule has 0 bridgehead atoms. The summed E-state index contributed by atoms with van der Waals surface area (Å²) in [5, 5.41) is 10.9. The molecule has 130 valence electrons. The lowest BCUT2D eigenvalue weighted by Crippen LogP contribution is -2.23. The first-order chi connectivity index (χ1) is 12.7. The fraction of sp³-hybridized carbons (Fsp3) is 0.111. The monoisotopic (exact) mass is 349 g/mol. The number of fused-ring (bicyclic) bond motifs is 1. The average Bonchev–Trinajstić information content (AvgIpc) is 3.29. The van der Waals surface area contributed by atoms with Crippen LogP contribution in [0.5, 0.6) is 0 Å². The highest BCUT2D eigenvalue weighted by molar-refractivity contribution is 5.91. The molecule has 0 radical (unpaired) electrons. The summed E-state index contributed by atoms with van der Waals surface area (Å²) >= 11 is 0. The summed E-state index contributed by atoms with van der Waals surface area (Å²) in [6, 6.07) is 13.7. The van der Waals surface area contributed by atoms with Crippen LogP contribution in [-0.4, -0.2) is 25.1 Å². The number of nitrogens with one attached hydrogen (secondary N) is 1. The largest absolute Gasteiger partial charge is 0.454 e. The summed E-state index contributed by atoms with van der Waals surface area (Å²) in [4.78, 5) is 24.0. The Morgan fingerprint density at radius 2 is 1.88 bits per heavy atom. The van der Waals surface area contributed by atoms with Gasteiger partial charge in [0.2, 0.25) is 0 Å². The first-order valence-electron chi connectivity index (χ1n) is 8.02. The molecule has 4 aromatic rings. The van der Waals surface area contributed by atoms with Crippen LogP contribution in [-0.2, 0) is 13.1 Å². The van der Waals surface area contributed by atoms with Crippen molar-refractivity contribution in [1.82, 2.24) is 24.5 Å². The smallest absolute Gasteiger partial charge is 0.287 e. The highest BCUT2D eigenvalue weighted by Gasteiger charge is 2.13. The van der Waals surface area contributed by atoms with E-state index >= 15 is 0 Å². The van der Waals surface area contributed by atoms with E-state index in [9.17, 15) is 9.59 Å². The summed E-state index contributed by atoms with van der Waals surface area (Å²) in [6.45, 7) is 0.486. The van der Waals surface area contributed by atoms with Crippen LogP contribution < -0.4 is 10.9 Å². The van der Waals surface area contributed by atoms with Crippen molar-refractivity contribution in [2.75, 3.05) is 0 Å². The fourth-order valence-corrected chi connectivity index (χ4v) is 2.60. The summed E-state index contributed by atoms with van der Waals surface area (Å²) in [5.74, 6) is 0.968. The zero-order chi connectivity index (χ0) is 17.9. The van der Waals surface area contributed by atoms with E-state index in [1.165, 1.54) is 10.6 Å². The molecule has 0 atom stereocenters. The molecule has 0 unspecified atom stereocenters. The van der Waals surface area contributed by atoms with Crippen molar-refractivity contribution < 1.29 is 9.21 Å². The highest BCUT2D eigenvalue weighted by atomic mass is 16.4. The molecule has 0 spiro atoms. The normalized spacial score (nSPS) is 10.9. The van der Waals surface area contributed by atoms with Crippen molar-refractivity contribution in [1.29, 1.82) is 0 Å². The second-order valence-corrected chi connectivity index (χ2v) is 5.66. The molecular weight excluding hydrogens is 334 g/mol. The molecule has 8 nitrogen and oxygen atoms in total. The third-order valence-electron chi connectivity index (χ3n) is 3.90. The predicted molar refractivity (Wildman–Crippen MR) is 92.7 cm³/mol. The van der Waals surface area contributed by atoms with Crippen LogP contribution in [0.2, 0.25) is 0 Å². The van der Waals surface area contributed by atoms with Gasteiger partial charge < -0.3 is 14.3 Å². The molecule has 0 saturated heterocycles. The minimum atomic E-state index is -0.357. The van der Waals surface area contributed by atoms with Crippen molar-refractivity contribution in [2.45, 2.75) is 13.1 Å².